The number of aryl methyl sites for hydroxylation is 2. The fraction of sp³-hybridized carbons (Fsp3) is 0.294. The number of hydrogen-bond acceptors (Lipinski definition) is 0. The molecule has 0 bridgehead atoms. The molecule has 0 aliphatic heterocycles. The average molecular weight is 417 g/mol. The third-order valence-corrected chi connectivity index (χ3v) is 5.19. The van der Waals surface area contributed by atoms with E-state index in [-0.39, 0.29) is 5.38 Å². The molecule has 0 heterocycles. The van der Waals surface area contributed by atoms with Crippen molar-refractivity contribution in [1.82, 2.24) is 0 Å². The van der Waals surface area contributed by atoms with Crippen LogP contribution in [-0.4, -0.2) is 0 Å². The second-order valence-corrected chi connectivity index (χ2v) is 6.97. The minimum atomic E-state index is -0.131. The van der Waals surface area contributed by atoms with Crippen LogP contribution < -0.4 is 0 Å². The van der Waals surface area contributed by atoms with Crippen molar-refractivity contribution in [1.29, 1.82) is 0 Å². The summed E-state index contributed by atoms with van der Waals surface area (Å²) in [5, 5.41) is -0.131. The summed E-state index contributed by atoms with van der Waals surface area (Å²) in [7, 11) is 0. The van der Waals surface area contributed by atoms with Gasteiger partial charge in [0, 0.05) is 8.95 Å². The molecule has 0 radical (unpaired) electrons. The zero-order valence-corrected chi connectivity index (χ0v) is 15.5. The van der Waals surface area contributed by atoms with E-state index in [9.17, 15) is 0 Å². The summed E-state index contributed by atoms with van der Waals surface area (Å²) in [6.45, 7) is 4.38. The van der Waals surface area contributed by atoms with E-state index in [1.165, 1.54) is 11.1 Å². The van der Waals surface area contributed by atoms with Gasteiger partial charge in [-0.1, -0.05) is 70.0 Å². The normalized spacial score (nSPS) is 12.4. The first-order valence-electron chi connectivity index (χ1n) is 6.77. The van der Waals surface area contributed by atoms with Crippen LogP contribution in [0.4, 0.5) is 0 Å². The molecule has 2 aromatic carbocycles. The van der Waals surface area contributed by atoms with E-state index < -0.39 is 0 Å². The van der Waals surface area contributed by atoms with Gasteiger partial charge in [0.15, 0.2) is 0 Å². The molecule has 2 rings (SSSR count). The zero-order valence-electron chi connectivity index (χ0n) is 11.6. The van der Waals surface area contributed by atoms with Crippen molar-refractivity contribution in [2.75, 3.05) is 0 Å². The van der Waals surface area contributed by atoms with E-state index in [0.29, 0.717) is 0 Å². The minimum Gasteiger partial charge on any atom is -0.113 e. The molecule has 0 amide bonds. The molecule has 0 aliphatic carbocycles. The molecule has 3 heteroatoms. The standard InChI is InChI=1S/C17H17Br2Cl/c1-3-11-5-6-13(9-12(11)4-2)17(20)15-8-7-14(18)10-16(15)19/h5-10,17H,3-4H2,1-2H3. The predicted octanol–water partition coefficient (Wildman–Crippen LogP) is 6.66. The lowest BCUT2D eigenvalue weighted by Gasteiger charge is -2.15. The Morgan fingerprint density at radius 2 is 1.65 bits per heavy atom. The number of halogens is 3. The summed E-state index contributed by atoms with van der Waals surface area (Å²) in [5.41, 5.74) is 5.06. The maximum absolute atomic E-state index is 6.67. The van der Waals surface area contributed by atoms with Gasteiger partial charge in [0.2, 0.25) is 0 Å². The van der Waals surface area contributed by atoms with Crippen molar-refractivity contribution in [3.8, 4) is 0 Å². The summed E-state index contributed by atoms with van der Waals surface area (Å²) in [6, 6.07) is 12.7. The first-order valence-corrected chi connectivity index (χ1v) is 8.79. The third kappa shape index (κ3) is 3.47. The van der Waals surface area contributed by atoms with Crippen molar-refractivity contribution >= 4 is 43.5 Å². The highest BCUT2D eigenvalue weighted by atomic mass is 79.9. The van der Waals surface area contributed by atoms with Gasteiger partial charge in [0.05, 0.1) is 5.38 Å². The van der Waals surface area contributed by atoms with Crippen LogP contribution in [0.25, 0.3) is 0 Å². The van der Waals surface area contributed by atoms with Crippen LogP contribution in [0.5, 0.6) is 0 Å². The molecule has 106 valence electrons. The summed E-state index contributed by atoms with van der Waals surface area (Å²) >= 11 is 13.7. The Bertz CT molecular complexity index is 608. The summed E-state index contributed by atoms with van der Waals surface area (Å²) < 4.78 is 2.08. The van der Waals surface area contributed by atoms with Crippen LogP contribution in [0.3, 0.4) is 0 Å². The summed E-state index contributed by atoms with van der Waals surface area (Å²) in [4.78, 5) is 0. The quantitative estimate of drug-likeness (QED) is 0.489. The van der Waals surface area contributed by atoms with Crippen LogP contribution in [0.2, 0.25) is 0 Å². The maximum atomic E-state index is 6.67. The molecule has 0 saturated carbocycles. The van der Waals surface area contributed by atoms with Crippen molar-refractivity contribution in [3.05, 3.63) is 67.6 Å². The average Bonchev–Trinajstić information content (AvgIpc) is 2.45. The van der Waals surface area contributed by atoms with Crippen LogP contribution in [0, 0.1) is 0 Å². The third-order valence-electron chi connectivity index (χ3n) is 3.52. The Balaban J connectivity index is 2.40. The lowest BCUT2D eigenvalue weighted by atomic mass is 9.96. The summed E-state index contributed by atoms with van der Waals surface area (Å²) in [6.07, 6.45) is 2.11. The molecule has 20 heavy (non-hydrogen) atoms. The molecule has 2 aromatic rings. The van der Waals surface area contributed by atoms with Gasteiger partial charge in [-0.15, -0.1) is 11.6 Å². The van der Waals surface area contributed by atoms with Crippen LogP contribution in [0.15, 0.2) is 45.3 Å². The smallest absolute Gasteiger partial charge is 0.0846 e. The molecule has 1 atom stereocenters. The predicted molar refractivity (Wildman–Crippen MR) is 94.7 cm³/mol. The van der Waals surface area contributed by atoms with Gasteiger partial charge in [-0.05, 0) is 47.2 Å². The molecule has 0 saturated heterocycles. The van der Waals surface area contributed by atoms with E-state index in [0.717, 1.165) is 32.9 Å². The second kappa shape index (κ2) is 7.11. The molecular weight excluding hydrogens is 399 g/mol. The second-order valence-electron chi connectivity index (χ2n) is 4.76. The number of hydrogen-bond donors (Lipinski definition) is 0. The highest BCUT2D eigenvalue weighted by molar-refractivity contribution is 9.11. The van der Waals surface area contributed by atoms with Crippen molar-refractivity contribution in [2.24, 2.45) is 0 Å². The van der Waals surface area contributed by atoms with Gasteiger partial charge in [-0.25, -0.2) is 0 Å². The van der Waals surface area contributed by atoms with E-state index in [1.807, 2.05) is 12.1 Å². The lowest BCUT2D eigenvalue weighted by Crippen LogP contribution is -1.98. The monoisotopic (exact) mass is 414 g/mol. The topological polar surface area (TPSA) is 0 Å². The highest BCUT2D eigenvalue weighted by Crippen LogP contribution is 2.36. The van der Waals surface area contributed by atoms with Crippen LogP contribution >= 0.6 is 43.5 Å². The van der Waals surface area contributed by atoms with Gasteiger partial charge < -0.3 is 0 Å². The largest absolute Gasteiger partial charge is 0.113 e. The van der Waals surface area contributed by atoms with Gasteiger partial charge in [-0.3, -0.25) is 0 Å². The molecule has 0 fully saturated rings. The molecule has 0 N–H and O–H groups in total. The molecule has 0 aromatic heterocycles. The SMILES string of the molecule is CCc1ccc(C(Cl)c2ccc(Br)cc2Br)cc1CC. The van der Waals surface area contributed by atoms with Crippen molar-refractivity contribution in [3.63, 3.8) is 0 Å². The fourth-order valence-electron chi connectivity index (χ4n) is 2.36. The van der Waals surface area contributed by atoms with E-state index in [2.05, 4.69) is 70.0 Å². The van der Waals surface area contributed by atoms with Crippen molar-refractivity contribution in [2.45, 2.75) is 32.1 Å². The molecule has 0 aliphatic rings. The Kier molecular flexibility index (Phi) is 5.71. The van der Waals surface area contributed by atoms with E-state index in [1.54, 1.807) is 0 Å². The van der Waals surface area contributed by atoms with Gasteiger partial charge >= 0.3 is 0 Å². The van der Waals surface area contributed by atoms with Gasteiger partial charge in [-0.2, -0.15) is 0 Å². The molecular formula is C17H17Br2Cl. The van der Waals surface area contributed by atoms with E-state index in [4.69, 9.17) is 11.6 Å². The fourth-order valence-corrected chi connectivity index (χ4v) is 4.10. The number of benzene rings is 2. The van der Waals surface area contributed by atoms with Crippen LogP contribution in [0.1, 0.15) is 41.5 Å². The first kappa shape index (κ1) is 16.1. The Labute approximate surface area is 142 Å². The Morgan fingerprint density at radius 1 is 0.950 bits per heavy atom. The van der Waals surface area contributed by atoms with Crippen LogP contribution in [-0.2, 0) is 12.8 Å². The lowest BCUT2D eigenvalue weighted by molar-refractivity contribution is 1.01. The molecule has 0 nitrogen and oxygen atoms in total. The Hall–Kier alpha value is -0.310. The number of rotatable bonds is 4. The van der Waals surface area contributed by atoms with Gasteiger partial charge in [0.25, 0.3) is 0 Å². The molecule has 0 spiro atoms. The Morgan fingerprint density at radius 3 is 2.25 bits per heavy atom. The number of alkyl halides is 1. The van der Waals surface area contributed by atoms with Gasteiger partial charge in [0.1, 0.15) is 0 Å². The molecule has 1 unspecified atom stereocenters. The zero-order chi connectivity index (χ0) is 14.7. The van der Waals surface area contributed by atoms with E-state index >= 15 is 0 Å². The van der Waals surface area contributed by atoms with Crippen molar-refractivity contribution < 1.29 is 0 Å². The minimum absolute atomic E-state index is 0.131. The maximum Gasteiger partial charge on any atom is 0.0846 e. The first-order chi connectivity index (χ1) is 9.56. The highest BCUT2D eigenvalue weighted by Gasteiger charge is 2.15. The summed E-state index contributed by atoms with van der Waals surface area (Å²) in [5.74, 6) is 0.